The zero-order valence-corrected chi connectivity index (χ0v) is 13.2. The van der Waals surface area contributed by atoms with Crippen molar-refractivity contribution in [2.45, 2.75) is 13.5 Å². The van der Waals surface area contributed by atoms with Crippen LogP contribution < -0.4 is 5.32 Å². The van der Waals surface area contributed by atoms with E-state index in [1.165, 1.54) is 5.56 Å². The minimum Gasteiger partial charge on any atom is -0.381 e. The molecule has 3 rings (SSSR count). The molecule has 3 aromatic rings. The van der Waals surface area contributed by atoms with Gasteiger partial charge >= 0.3 is 0 Å². The third-order valence-corrected chi connectivity index (χ3v) is 4.21. The SMILES string of the molecule is Cc1nc(-c2cccc(NCc3ccc(Cl)cc3)c2)cs1. The van der Waals surface area contributed by atoms with E-state index in [0.29, 0.717) is 0 Å². The maximum absolute atomic E-state index is 5.89. The number of aromatic nitrogens is 1. The lowest BCUT2D eigenvalue weighted by Gasteiger charge is -2.08. The van der Waals surface area contributed by atoms with Crippen molar-refractivity contribution in [3.8, 4) is 11.3 Å². The van der Waals surface area contributed by atoms with E-state index in [-0.39, 0.29) is 0 Å². The molecule has 4 heteroatoms. The average Bonchev–Trinajstić information content (AvgIpc) is 2.94. The summed E-state index contributed by atoms with van der Waals surface area (Å²) in [5.74, 6) is 0. The van der Waals surface area contributed by atoms with Crippen LogP contribution >= 0.6 is 22.9 Å². The number of benzene rings is 2. The Balaban J connectivity index is 1.73. The number of anilines is 1. The molecule has 0 aliphatic heterocycles. The molecule has 1 heterocycles. The van der Waals surface area contributed by atoms with Crippen LogP contribution in [0.2, 0.25) is 5.02 Å². The molecule has 1 N–H and O–H groups in total. The number of aryl methyl sites for hydroxylation is 1. The summed E-state index contributed by atoms with van der Waals surface area (Å²) in [6, 6.07) is 16.2. The van der Waals surface area contributed by atoms with Crippen molar-refractivity contribution in [2.75, 3.05) is 5.32 Å². The van der Waals surface area contributed by atoms with Crippen LogP contribution in [0.3, 0.4) is 0 Å². The summed E-state index contributed by atoms with van der Waals surface area (Å²) in [6.07, 6.45) is 0. The Kier molecular flexibility index (Phi) is 4.23. The molecule has 0 spiro atoms. The Morgan fingerprint density at radius 1 is 1.14 bits per heavy atom. The molecule has 0 aliphatic rings. The number of nitrogens with zero attached hydrogens (tertiary/aromatic N) is 1. The lowest BCUT2D eigenvalue weighted by atomic mass is 10.1. The highest BCUT2D eigenvalue weighted by Crippen LogP contribution is 2.24. The minimum absolute atomic E-state index is 0.764. The zero-order chi connectivity index (χ0) is 14.7. The maximum atomic E-state index is 5.89. The summed E-state index contributed by atoms with van der Waals surface area (Å²) >= 11 is 7.57. The van der Waals surface area contributed by atoms with Gasteiger partial charge < -0.3 is 5.32 Å². The largest absolute Gasteiger partial charge is 0.381 e. The van der Waals surface area contributed by atoms with Crippen LogP contribution in [0, 0.1) is 6.92 Å². The molecule has 106 valence electrons. The third kappa shape index (κ3) is 3.63. The number of rotatable bonds is 4. The second-order valence-electron chi connectivity index (χ2n) is 4.81. The van der Waals surface area contributed by atoms with Crippen LogP contribution in [0.25, 0.3) is 11.3 Å². The Morgan fingerprint density at radius 3 is 2.67 bits per heavy atom. The monoisotopic (exact) mass is 314 g/mol. The van der Waals surface area contributed by atoms with Crippen LogP contribution in [-0.4, -0.2) is 4.98 Å². The molecule has 0 atom stereocenters. The third-order valence-electron chi connectivity index (χ3n) is 3.19. The van der Waals surface area contributed by atoms with Gasteiger partial charge in [-0.2, -0.15) is 0 Å². The highest BCUT2D eigenvalue weighted by molar-refractivity contribution is 7.09. The predicted octanol–water partition coefficient (Wildman–Crippen LogP) is 5.38. The summed E-state index contributed by atoms with van der Waals surface area (Å²) in [4.78, 5) is 4.53. The number of hydrogen-bond donors (Lipinski definition) is 1. The molecule has 0 fully saturated rings. The van der Waals surface area contributed by atoms with E-state index in [1.54, 1.807) is 11.3 Å². The molecule has 2 nitrogen and oxygen atoms in total. The predicted molar refractivity (Wildman–Crippen MR) is 91.1 cm³/mol. The van der Waals surface area contributed by atoms with Crippen molar-refractivity contribution in [2.24, 2.45) is 0 Å². The molecule has 0 unspecified atom stereocenters. The van der Waals surface area contributed by atoms with E-state index < -0.39 is 0 Å². The number of thiazole rings is 1. The average molecular weight is 315 g/mol. The van der Waals surface area contributed by atoms with Gasteiger partial charge in [0, 0.05) is 28.2 Å². The fourth-order valence-electron chi connectivity index (χ4n) is 2.09. The first-order valence-electron chi connectivity index (χ1n) is 6.71. The van der Waals surface area contributed by atoms with E-state index in [9.17, 15) is 0 Å². The van der Waals surface area contributed by atoms with Crippen molar-refractivity contribution in [3.63, 3.8) is 0 Å². The summed E-state index contributed by atoms with van der Waals surface area (Å²) < 4.78 is 0. The second kappa shape index (κ2) is 6.29. The van der Waals surface area contributed by atoms with Gasteiger partial charge in [-0.3, -0.25) is 0 Å². The minimum atomic E-state index is 0.764. The van der Waals surface area contributed by atoms with Crippen LogP contribution in [0.1, 0.15) is 10.6 Å². The van der Waals surface area contributed by atoms with E-state index >= 15 is 0 Å². The molecular formula is C17H15ClN2S. The lowest BCUT2D eigenvalue weighted by Crippen LogP contribution is -1.99. The van der Waals surface area contributed by atoms with Crippen LogP contribution in [-0.2, 0) is 6.54 Å². The molecular weight excluding hydrogens is 300 g/mol. The van der Waals surface area contributed by atoms with Crippen molar-refractivity contribution in [1.82, 2.24) is 4.98 Å². The molecule has 2 aromatic carbocycles. The maximum Gasteiger partial charge on any atom is 0.0901 e. The van der Waals surface area contributed by atoms with Crippen molar-refractivity contribution in [1.29, 1.82) is 0 Å². The molecule has 0 radical (unpaired) electrons. The molecule has 0 saturated carbocycles. The lowest BCUT2D eigenvalue weighted by molar-refractivity contribution is 1.15. The van der Waals surface area contributed by atoms with E-state index in [2.05, 4.69) is 33.9 Å². The summed E-state index contributed by atoms with van der Waals surface area (Å²) in [5.41, 5.74) is 4.47. The van der Waals surface area contributed by atoms with Crippen LogP contribution in [0.15, 0.2) is 53.9 Å². The van der Waals surface area contributed by atoms with Gasteiger partial charge in [0.25, 0.3) is 0 Å². The highest BCUT2D eigenvalue weighted by Gasteiger charge is 2.03. The van der Waals surface area contributed by atoms with E-state index in [1.807, 2.05) is 37.3 Å². The quantitative estimate of drug-likeness (QED) is 0.699. The Morgan fingerprint density at radius 2 is 1.95 bits per heavy atom. The summed E-state index contributed by atoms with van der Waals surface area (Å²) in [7, 11) is 0. The van der Waals surface area contributed by atoms with Gasteiger partial charge in [-0.1, -0.05) is 35.9 Å². The van der Waals surface area contributed by atoms with Gasteiger partial charge in [-0.15, -0.1) is 11.3 Å². The smallest absolute Gasteiger partial charge is 0.0901 e. The first kappa shape index (κ1) is 14.1. The van der Waals surface area contributed by atoms with E-state index in [0.717, 1.165) is 33.5 Å². The molecule has 0 amide bonds. The van der Waals surface area contributed by atoms with Gasteiger partial charge in [0.05, 0.1) is 10.7 Å². The second-order valence-corrected chi connectivity index (χ2v) is 6.31. The summed E-state index contributed by atoms with van der Waals surface area (Å²) in [5, 5.41) is 7.37. The fourth-order valence-corrected chi connectivity index (χ4v) is 2.84. The van der Waals surface area contributed by atoms with Crippen LogP contribution in [0.5, 0.6) is 0 Å². The van der Waals surface area contributed by atoms with Crippen molar-refractivity contribution >= 4 is 28.6 Å². The first-order chi connectivity index (χ1) is 10.2. The number of halogens is 1. The van der Waals surface area contributed by atoms with Crippen LogP contribution in [0.4, 0.5) is 5.69 Å². The molecule has 0 aliphatic carbocycles. The van der Waals surface area contributed by atoms with Crippen molar-refractivity contribution in [3.05, 3.63) is 69.5 Å². The molecule has 21 heavy (non-hydrogen) atoms. The Bertz CT molecular complexity index is 735. The molecule has 1 aromatic heterocycles. The Hall–Kier alpha value is -1.84. The summed E-state index contributed by atoms with van der Waals surface area (Å²) in [6.45, 7) is 2.80. The molecule has 0 saturated heterocycles. The fraction of sp³-hybridized carbons (Fsp3) is 0.118. The van der Waals surface area contributed by atoms with Crippen molar-refractivity contribution < 1.29 is 0 Å². The number of hydrogen-bond acceptors (Lipinski definition) is 3. The molecule has 0 bridgehead atoms. The van der Waals surface area contributed by atoms with Gasteiger partial charge in [-0.05, 0) is 36.8 Å². The Labute approximate surface area is 133 Å². The topological polar surface area (TPSA) is 24.9 Å². The zero-order valence-electron chi connectivity index (χ0n) is 11.6. The van der Waals surface area contributed by atoms with Gasteiger partial charge in [0.15, 0.2) is 0 Å². The normalized spacial score (nSPS) is 10.6. The van der Waals surface area contributed by atoms with Gasteiger partial charge in [-0.25, -0.2) is 4.98 Å². The standard InChI is InChI=1S/C17H15ClN2S/c1-12-20-17(11-21-12)14-3-2-4-16(9-14)19-10-13-5-7-15(18)8-6-13/h2-9,11,19H,10H2,1H3. The van der Waals surface area contributed by atoms with E-state index in [4.69, 9.17) is 11.6 Å². The number of nitrogens with one attached hydrogen (secondary N) is 1. The highest BCUT2D eigenvalue weighted by atomic mass is 35.5. The van der Waals surface area contributed by atoms with Gasteiger partial charge in [0.2, 0.25) is 0 Å². The first-order valence-corrected chi connectivity index (χ1v) is 7.97. The van der Waals surface area contributed by atoms with Gasteiger partial charge in [0.1, 0.15) is 0 Å².